The Bertz CT molecular complexity index is 310. The van der Waals surface area contributed by atoms with Gasteiger partial charge in [0.1, 0.15) is 0 Å². The molecular weight excluding hydrogens is 231 g/mol. The topological polar surface area (TPSA) is 55.8 Å². The monoisotopic (exact) mass is 236 g/mol. The molecule has 1 rings (SSSR count). The second kappa shape index (κ2) is 4.61. The first-order valence-electron chi connectivity index (χ1n) is 3.56. The van der Waals surface area contributed by atoms with E-state index in [9.17, 15) is 4.79 Å². The molecule has 0 aromatic heterocycles. The van der Waals surface area contributed by atoms with Crippen LogP contribution in [0.15, 0.2) is 30.3 Å². The lowest BCUT2D eigenvalue weighted by molar-refractivity contribution is -0.187. The molecule has 0 spiro atoms. The van der Waals surface area contributed by atoms with E-state index >= 15 is 0 Å². The molecule has 0 saturated carbocycles. The van der Waals surface area contributed by atoms with E-state index in [0.717, 1.165) is 0 Å². The molecule has 0 saturated heterocycles. The van der Waals surface area contributed by atoms with Crippen molar-refractivity contribution >= 4 is 29.7 Å². The lowest BCUT2D eigenvalue weighted by atomic mass is 10.1. The molecule has 0 amide bonds. The molecule has 0 aliphatic heterocycles. The second-order valence-corrected chi connectivity index (χ2v) is 2.75. The number of carboxylic acids is 1. The van der Waals surface area contributed by atoms with Crippen LogP contribution >= 0.6 is 23.7 Å². The highest BCUT2D eigenvalue weighted by atomic mass is 35.5. The van der Waals surface area contributed by atoms with Gasteiger partial charge in [0, 0.05) is 5.56 Å². The normalized spacial score (nSPS) is 11.3. The van der Waals surface area contributed by atoms with Gasteiger partial charge in [0.2, 0.25) is 0 Å². The minimum Gasteiger partial charge on any atom is -0.477 e. The Hall–Kier alpha value is -0.810. The van der Waals surface area contributed by atoms with Crippen LogP contribution < -0.4 is 0 Å². The molecule has 76 valence electrons. The van der Waals surface area contributed by atoms with E-state index in [1.807, 2.05) is 0 Å². The standard InChI is InChI=1S/C8H6Cl2O4/c9-13-8(14-10,7(11)12)6-4-2-1-3-5-6/h1-5H,(H,11,12). The number of halogens is 2. The average Bonchev–Trinajstić information content (AvgIpc) is 2.22. The number of aliphatic carboxylic acids is 1. The van der Waals surface area contributed by atoms with Crippen molar-refractivity contribution in [2.45, 2.75) is 5.79 Å². The maximum absolute atomic E-state index is 10.9. The average molecular weight is 237 g/mol. The molecule has 0 heterocycles. The molecule has 0 atom stereocenters. The molecule has 1 aromatic carbocycles. The van der Waals surface area contributed by atoms with Crippen LogP contribution in [-0.4, -0.2) is 11.1 Å². The number of carbonyl (C=O) groups is 1. The Kier molecular flexibility index (Phi) is 3.71. The Morgan fingerprint density at radius 3 is 2.07 bits per heavy atom. The van der Waals surface area contributed by atoms with Gasteiger partial charge in [-0.3, -0.25) is 0 Å². The van der Waals surface area contributed by atoms with Gasteiger partial charge in [0.15, 0.2) is 0 Å². The molecule has 0 bridgehead atoms. The molecule has 14 heavy (non-hydrogen) atoms. The largest absolute Gasteiger partial charge is 0.477 e. The molecule has 0 unspecified atom stereocenters. The van der Waals surface area contributed by atoms with Crippen LogP contribution in [-0.2, 0) is 19.2 Å². The summed E-state index contributed by atoms with van der Waals surface area (Å²) in [6.45, 7) is 0. The summed E-state index contributed by atoms with van der Waals surface area (Å²) in [5.41, 5.74) is 0.192. The fourth-order valence-electron chi connectivity index (χ4n) is 0.948. The van der Waals surface area contributed by atoms with Gasteiger partial charge in [-0.2, -0.15) is 0 Å². The van der Waals surface area contributed by atoms with Crippen LogP contribution in [0.5, 0.6) is 0 Å². The molecule has 0 aliphatic rings. The summed E-state index contributed by atoms with van der Waals surface area (Å²) in [4.78, 5) is 10.9. The van der Waals surface area contributed by atoms with Crippen molar-refractivity contribution in [3.63, 3.8) is 0 Å². The zero-order chi connectivity index (χ0) is 10.6. The Morgan fingerprint density at radius 1 is 1.21 bits per heavy atom. The first kappa shape index (κ1) is 11.3. The Balaban J connectivity index is 3.18. The number of hydrogen-bond acceptors (Lipinski definition) is 3. The number of carboxylic acid groups (broad SMARTS) is 1. The Labute approximate surface area is 90.3 Å². The molecule has 1 N–H and O–H groups in total. The van der Waals surface area contributed by atoms with Crippen LogP contribution in [0.2, 0.25) is 0 Å². The highest BCUT2D eigenvalue weighted by Crippen LogP contribution is 2.30. The van der Waals surface area contributed by atoms with E-state index in [0.29, 0.717) is 0 Å². The molecule has 0 aliphatic carbocycles. The summed E-state index contributed by atoms with van der Waals surface area (Å²) >= 11 is 10.1. The van der Waals surface area contributed by atoms with Gasteiger partial charge in [0.05, 0.1) is 23.7 Å². The van der Waals surface area contributed by atoms with Crippen molar-refractivity contribution in [2.75, 3.05) is 0 Å². The fraction of sp³-hybridized carbons (Fsp3) is 0.125. The summed E-state index contributed by atoms with van der Waals surface area (Å²) in [5.74, 6) is -3.61. The molecular formula is C8H6Cl2O4. The quantitative estimate of drug-likeness (QED) is 0.816. The van der Waals surface area contributed by atoms with Gasteiger partial charge >= 0.3 is 11.8 Å². The van der Waals surface area contributed by atoms with Gasteiger partial charge in [-0.1, -0.05) is 30.3 Å². The second-order valence-electron chi connectivity index (χ2n) is 2.44. The van der Waals surface area contributed by atoms with Crippen molar-refractivity contribution in [1.82, 2.24) is 0 Å². The molecule has 0 fully saturated rings. The summed E-state index contributed by atoms with van der Waals surface area (Å²) in [6.07, 6.45) is 0. The maximum Gasteiger partial charge on any atom is 0.372 e. The van der Waals surface area contributed by atoms with E-state index in [1.54, 1.807) is 18.2 Å². The zero-order valence-corrected chi connectivity index (χ0v) is 8.33. The van der Waals surface area contributed by atoms with Gasteiger partial charge in [-0.15, -0.1) is 0 Å². The first-order valence-corrected chi connectivity index (χ1v) is 4.17. The minimum atomic E-state index is -2.18. The fourth-order valence-corrected chi connectivity index (χ4v) is 1.35. The lowest BCUT2D eigenvalue weighted by Gasteiger charge is -2.21. The zero-order valence-electron chi connectivity index (χ0n) is 6.81. The van der Waals surface area contributed by atoms with Crippen LogP contribution in [0.4, 0.5) is 0 Å². The smallest absolute Gasteiger partial charge is 0.372 e. The van der Waals surface area contributed by atoms with Crippen LogP contribution in [0.3, 0.4) is 0 Å². The summed E-state index contributed by atoms with van der Waals surface area (Å²) in [7, 11) is 0. The van der Waals surface area contributed by atoms with E-state index in [2.05, 4.69) is 8.58 Å². The third-order valence-electron chi connectivity index (χ3n) is 1.65. The van der Waals surface area contributed by atoms with Gasteiger partial charge in [-0.05, 0) is 0 Å². The predicted molar refractivity (Wildman–Crippen MR) is 49.6 cm³/mol. The van der Waals surface area contributed by atoms with Crippen molar-refractivity contribution in [3.8, 4) is 0 Å². The summed E-state index contributed by atoms with van der Waals surface area (Å²) in [5, 5.41) is 8.86. The van der Waals surface area contributed by atoms with Crippen LogP contribution in [0.1, 0.15) is 5.56 Å². The van der Waals surface area contributed by atoms with Gasteiger partial charge in [-0.25, -0.2) is 13.4 Å². The summed E-state index contributed by atoms with van der Waals surface area (Å²) < 4.78 is 8.51. The van der Waals surface area contributed by atoms with Gasteiger partial charge in [0.25, 0.3) is 0 Å². The van der Waals surface area contributed by atoms with Crippen LogP contribution in [0.25, 0.3) is 0 Å². The van der Waals surface area contributed by atoms with Crippen molar-refractivity contribution < 1.29 is 18.5 Å². The highest BCUT2D eigenvalue weighted by Gasteiger charge is 2.44. The SMILES string of the molecule is O=C(O)C(OCl)(OCl)c1ccccc1. The number of benzene rings is 1. The lowest BCUT2D eigenvalue weighted by Crippen LogP contribution is -2.36. The molecule has 0 radical (unpaired) electrons. The van der Waals surface area contributed by atoms with Crippen LogP contribution in [0, 0.1) is 0 Å². The van der Waals surface area contributed by atoms with E-state index < -0.39 is 11.8 Å². The third kappa shape index (κ3) is 1.83. The number of hydrogen-bond donors (Lipinski definition) is 1. The van der Waals surface area contributed by atoms with Crippen molar-refractivity contribution in [1.29, 1.82) is 0 Å². The minimum absolute atomic E-state index is 0.192. The van der Waals surface area contributed by atoms with E-state index in [-0.39, 0.29) is 5.56 Å². The molecule has 6 heteroatoms. The van der Waals surface area contributed by atoms with E-state index in [4.69, 9.17) is 28.8 Å². The third-order valence-corrected chi connectivity index (χ3v) is 2.09. The molecule has 4 nitrogen and oxygen atoms in total. The summed E-state index contributed by atoms with van der Waals surface area (Å²) in [6, 6.07) is 7.87. The molecule has 1 aromatic rings. The Morgan fingerprint density at radius 2 is 1.71 bits per heavy atom. The van der Waals surface area contributed by atoms with Crippen molar-refractivity contribution in [3.05, 3.63) is 35.9 Å². The van der Waals surface area contributed by atoms with Crippen molar-refractivity contribution in [2.24, 2.45) is 0 Å². The predicted octanol–water partition coefficient (Wildman–Crippen LogP) is 2.26. The highest BCUT2D eigenvalue weighted by molar-refractivity contribution is 6.11. The van der Waals surface area contributed by atoms with Gasteiger partial charge < -0.3 is 5.11 Å². The maximum atomic E-state index is 10.9. The van der Waals surface area contributed by atoms with E-state index in [1.165, 1.54) is 12.1 Å². The number of rotatable bonds is 4. The first-order chi connectivity index (χ1) is 6.67.